The molecule has 18 rings (SSSR count). The van der Waals surface area contributed by atoms with Crippen LogP contribution in [0.25, 0.3) is 144 Å². The summed E-state index contributed by atoms with van der Waals surface area (Å²) in [5, 5.41) is 29.3. The van der Waals surface area contributed by atoms with Gasteiger partial charge in [0.25, 0.3) is 0 Å². The van der Waals surface area contributed by atoms with Crippen molar-refractivity contribution in [3.8, 4) is 123 Å². The van der Waals surface area contributed by atoms with E-state index in [2.05, 4.69) is 267 Å². The molecule has 0 aromatic heterocycles. The normalized spacial score (nSPS) is 12.6. The summed E-state index contributed by atoms with van der Waals surface area (Å²) >= 11 is 0. The zero-order valence-corrected chi connectivity index (χ0v) is 44.3. The van der Waals surface area contributed by atoms with Crippen LogP contribution in [0, 0.1) is 22.7 Å². The van der Waals surface area contributed by atoms with E-state index in [0.717, 1.165) is 89.0 Å². The highest BCUT2D eigenvalue weighted by Crippen LogP contribution is 2.55. The highest BCUT2D eigenvalue weighted by molar-refractivity contribution is 7.03. The van der Waals surface area contributed by atoms with Crippen molar-refractivity contribution < 1.29 is 0 Å². The van der Waals surface area contributed by atoms with E-state index in [0.29, 0.717) is 11.1 Å². The molecule has 4 aliphatic rings. The van der Waals surface area contributed by atoms with Gasteiger partial charge in [-0.25, -0.2) is 0 Å². The number of nitriles is 2. The van der Waals surface area contributed by atoms with Gasteiger partial charge in [0.2, 0.25) is 13.4 Å². The average Bonchev–Trinajstić information content (AvgIpc) is 1.51. The van der Waals surface area contributed by atoms with Crippen LogP contribution in [0.5, 0.6) is 0 Å². The van der Waals surface area contributed by atoms with Crippen LogP contribution in [0.2, 0.25) is 0 Å². The molecule has 370 valence electrons. The molecule has 14 aromatic rings. The third-order valence-corrected chi connectivity index (χ3v) is 18.7. The van der Waals surface area contributed by atoms with Gasteiger partial charge in [-0.05, 0) is 180 Å². The predicted octanol–water partition coefficient (Wildman–Crippen LogP) is 15.3. The molecule has 4 heterocycles. The Balaban J connectivity index is 1.12. The molecule has 82 heavy (non-hydrogen) atoms. The fraction of sp³-hybridized carbons (Fsp3) is 0. The van der Waals surface area contributed by atoms with E-state index in [1.165, 1.54) is 87.3 Å². The Bertz CT molecular complexity index is 4780. The Kier molecular flexibility index (Phi) is 9.29. The van der Waals surface area contributed by atoms with Crippen molar-refractivity contribution >= 4 is 78.5 Å². The molecule has 0 unspecified atom stereocenters. The monoisotopic (exact) mass is 1030 g/mol. The first kappa shape index (κ1) is 45.1. The maximum atomic E-state index is 11.0. The van der Waals surface area contributed by atoms with Crippen molar-refractivity contribution in [2.75, 3.05) is 0 Å². The Hall–Kier alpha value is -10.8. The first-order chi connectivity index (χ1) is 40.6. The lowest BCUT2D eigenvalue weighted by atomic mass is 9.34. The highest BCUT2D eigenvalue weighted by atomic mass is 14.4. The van der Waals surface area contributed by atoms with Crippen LogP contribution in [0.3, 0.4) is 0 Å². The topological polar surface area (TPSA) is 47.6 Å². The standard InChI is InChI=1S/C78H42B2N2/c81-43-45-35-63-55-27-14-16-34-68(55)80-70-42-62-58(72-53(49-23-9-3-10-24-49)31-18-32-54(72)50-25-11-4-12-26-50)40-60-66-38-46(44-82)36-64-56-28-13-15-33-67(56)79(78(64)66)69-41-61-57(39-59(65(37-45)77(63)80)73(70)75(61)76(62)74(60)69)71-51(47-19-5-1-6-20-47)29-17-30-52(71)48-21-7-2-8-22-48/h1-42H. The molecule has 0 N–H and O–H groups in total. The zero-order chi connectivity index (χ0) is 53.9. The van der Waals surface area contributed by atoms with E-state index in [9.17, 15) is 10.5 Å². The summed E-state index contributed by atoms with van der Waals surface area (Å²) in [6.07, 6.45) is 0. The van der Waals surface area contributed by atoms with Crippen molar-refractivity contribution in [3.63, 3.8) is 0 Å². The minimum absolute atomic E-state index is 0.0866. The van der Waals surface area contributed by atoms with E-state index in [-0.39, 0.29) is 13.4 Å². The van der Waals surface area contributed by atoms with Gasteiger partial charge in [0.1, 0.15) is 0 Å². The zero-order valence-electron chi connectivity index (χ0n) is 44.3. The van der Waals surface area contributed by atoms with Crippen LogP contribution in [0.15, 0.2) is 255 Å². The van der Waals surface area contributed by atoms with Gasteiger partial charge in [-0.2, -0.15) is 10.5 Å². The average molecular weight is 1030 g/mol. The summed E-state index contributed by atoms with van der Waals surface area (Å²) in [6, 6.07) is 99.2. The Morgan fingerprint density at radius 3 is 0.878 bits per heavy atom. The predicted molar refractivity (Wildman–Crippen MR) is 343 cm³/mol. The molecule has 0 radical (unpaired) electrons. The summed E-state index contributed by atoms with van der Waals surface area (Å²) in [5.74, 6) is 0. The van der Waals surface area contributed by atoms with Gasteiger partial charge in [-0.1, -0.05) is 251 Å². The smallest absolute Gasteiger partial charge is 0.192 e. The summed E-state index contributed by atoms with van der Waals surface area (Å²) in [7, 11) is 0. The minimum atomic E-state index is -0.0866. The molecule has 14 aromatic carbocycles. The summed E-state index contributed by atoms with van der Waals surface area (Å²) in [6.45, 7) is -0.173. The summed E-state index contributed by atoms with van der Waals surface area (Å²) in [4.78, 5) is 0. The molecule has 2 nitrogen and oxygen atoms in total. The third kappa shape index (κ3) is 6.03. The Morgan fingerprint density at radius 1 is 0.232 bits per heavy atom. The molecular weight excluding hydrogens is 986 g/mol. The Morgan fingerprint density at radius 2 is 0.537 bits per heavy atom. The molecule has 0 aliphatic carbocycles. The lowest BCUT2D eigenvalue weighted by Crippen LogP contribution is -2.53. The quantitative estimate of drug-likeness (QED) is 0.123. The molecule has 0 saturated carbocycles. The van der Waals surface area contributed by atoms with Gasteiger partial charge in [0.05, 0.1) is 23.3 Å². The van der Waals surface area contributed by atoms with Gasteiger partial charge in [-0.15, -0.1) is 0 Å². The van der Waals surface area contributed by atoms with E-state index >= 15 is 0 Å². The van der Waals surface area contributed by atoms with Crippen molar-refractivity contribution in [2.24, 2.45) is 0 Å². The van der Waals surface area contributed by atoms with Crippen LogP contribution >= 0.6 is 0 Å². The first-order valence-electron chi connectivity index (χ1n) is 28.3. The van der Waals surface area contributed by atoms with Crippen molar-refractivity contribution in [2.45, 2.75) is 0 Å². The van der Waals surface area contributed by atoms with E-state index in [1.807, 2.05) is 0 Å². The number of benzene rings is 14. The Labute approximate surface area is 475 Å². The largest absolute Gasteiger partial charge is 0.244 e. The fourth-order valence-corrected chi connectivity index (χ4v) is 15.6. The SMILES string of the molecule is N#Cc1cc2c3c(c1)-c1cc(-c4c(-c5ccccc5)cccc4-c4ccccc4)c4cc5c6c(cc(-c7c(-c8ccccc8)cccc7-c7ccccc7)c7cc(c1c4c76)B3c1ccccc1-2)-c1cc(C#N)cc2c1B5c1ccccc1-2. The van der Waals surface area contributed by atoms with Gasteiger partial charge < -0.3 is 0 Å². The van der Waals surface area contributed by atoms with Crippen molar-refractivity contribution in [1.82, 2.24) is 0 Å². The molecule has 0 spiro atoms. The number of rotatable bonds is 6. The second-order valence-electron chi connectivity index (χ2n) is 22.6. The van der Waals surface area contributed by atoms with E-state index < -0.39 is 0 Å². The lowest BCUT2D eigenvalue weighted by Gasteiger charge is -2.33. The van der Waals surface area contributed by atoms with Gasteiger partial charge in [0, 0.05) is 0 Å². The fourth-order valence-electron chi connectivity index (χ4n) is 15.6. The molecule has 0 amide bonds. The second kappa shape index (κ2) is 16.9. The maximum Gasteiger partial charge on any atom is 0.244 e. The molecule has 4 heteroatoms. The van der Waals surface area contributed by atoms with Crippen LogP contribution in [0.1, 0.15) is 11.1 Å². The van der Waals surface area contributed by atoms with Crippen LogP contribution < -0.4 is 32.8 Å². The lowest BCUT2D eigenvalue weighted by molar-refractivity contribution is 1.49. The van der Waals surface area contributed by atoms with Crippen molar-refractivity contribution in [3.05, 3.63) is 266 Å². The first-order valence-corrected chi connectivity index (χ1v) is 28.3. The molecule has 0 saturated heterocycles. The number of nitrogens with zero attached hydrogens (tertiary/aromatic N) is 2. The van der Waals surface area contributed by atoms with Crippen LogP contribution in [0.4, 0.5) is 0 Å². The maximum absolute atomic E-state index is 11.0. The third-order valence-electron chi connectivity index (χ3n) is 18.7. The molecule has 0 fully saturated rings. The summed E-state index contributed by atoms with van der Waals surface area (Å²) < 4.78 is 0. The summed E-state index contributed by atoms with van der Waals surface area (Å²) in [5.41, 5.74) is 32.0. The minimum Gasteiger partial charge on any atom is -0.192 e. The molecule has 0 atom stereocenters. The van der Waals surface area contributed by atoms with Crippen molar-refractivity contribution in [1.29, 1.82) is 10.5 Å². The van der Waals surface area contributed by atoms with E-state index in [4.69, 9.17) is 0 Å². The van der Waals surface area contributed by atoms with Gasteiger partial charge in [-0.3, -0.25) is 0 Å². The van der Waals surface area contributed by atoms with E-state index in [1.54, 1.807) is 0 Å². The van der Waals surface area contributed by atoms with Gasteiger partial charge >= 0.3 is 0 Å². The second-order valence-corrected chi connectivity index (χ2v) is 22.6. The molecule has 0 bridgehead atoms. The number of fused-ring (bicyclic) bond motifs is 10. The highest BCUT2D eigenvalue weighted by Gasteiger charge is 2.45. The number of hydrogen-bond donors (Lipinski definition) is 0. The van der Waals surface area contributed by atoms with Crippen LogP contribution in [-0.4, -0.2) is 13.4 Å². The van der Waals surface area contributed by atoms with Gasteiger partial charge in [0.15, 0.2) is 0 Å². The van der Waals surface area contributed by atoms with Crippen LogP contribution in [-0.2, 0) is 0 Å². The molecule has 4 aliphatic heterocycles. The number of hydrogen-bond acceptors (Lipinski definition) is 2. The molecular formula is C78H42B2N2.